The smallest absolute Gasteiger partial charge is 0.321 e. The van der Waals surface area contributed by atoms with Crippen LogP contribution in [-0.2, 0) is 0 Å². The minimum absolute atomic E-state index is 0.194. The van der Waals surface area contributed by atoms with Gasteiger partial charge in [-0.05, 0) is 37.1 Å². The Labute approximate surface area is 135 Å². The zero-order chi connectivity index (χ0) is 16.1. The Morgan fingerprint density at radius 1 is 1.13 bits per heavy atom. The maximum atomic E-state index is 12.2. The summed E-state index contributed by atoms with van der Waals surface area (Å²) in [6.07, 6.45) is 1.15. The molecule has 1 unspecified atom stereocenters. The molecule has 23 heavy (non-hydrogen) atoms. The van der Waals surface area contributed by atoms with E-state index in [2.05, 4.69) is 5.32 Å². The molecule has 1 saturated heterocycles. The van der Waals surface area contributed by atoms with E-state index < -0.39 is 6.10 Å². The molecule has 2 aromatic rings. The van der Waals surface area contributed by atoms with Gasteiger partial charge in [-0.15, -0.1) is 0 Å². The Kier molecular flexibility index (Phi) is 4.78. The Morgan fingerprint density at radius 3 is 2.70 bits per heavy atom. The largest absolute Gasteiger partial charge is 0.457 e. The predicted molar refractivity (Wildman–Crippen MR) is 88.8 cm³/mol. The van der Waals surface area contributed by atoms with E-state index in [1.807, 2.05) is 48.5 Å². The summed E-state index contributed by atoms with van der Waals surface area (Å²) in [5.41, 5.74) is 0.670. The zero-order valence-electron chi connectivity index (χ0n) is 12.8. The summed E-state index contributed by atoms with van der Waals surface area (Å²) < 4.78 is 5.76. The number of anilines is 1. The summed E-state index contributed by atoms with van der Waals surface area (Å²) in [5.74, 6) is 1.41. The summed E-state index contributed by atoms with van der Waals surface area (Å²) in [7, 11) is 0. The maximum Gasteiger partial charge on any atom is 0.321 e. The summed E-state index contributed by atoms with van der Waals surface area (Å²) in [6.45, 7) is 1.05. The number of carbonyl (C=O) groups is 1. The van der Waals surface area contributed by atoms with Crippen molar-refractivity contribution in [3.63, 3.8) is 0 Å². The lowest BCUT2D eigenvalue weighted by molar-refractivity contribution is 0.0883. The highest BCUT2D eigenvalue weighted by Gasteiger charge is 2.22. The number of ether oxygens (including phenoxy) is 1. The van der Waals surface area contributed by atoms with Crippen molar-refractivity contribution in [2.24, 2.45) is 0 Å². The van der Waals surface area contributed by atoms with E-state index >= 15 is 0 Å². The highest BCUT2D eigenvalue weighted by atomic mass is 16.5. The molecule has 0 aliphatic carbocycles. The van der Waals surface area contributed by atoms with Crippen LogP contribution < -0.4 is 10.1 Å². The van der Waals surface area contributed by atoms with Gasteiger partial charge in [-0.25, -0.2) is 4.79 Å². The third-order valence-electron chi connectivity index (χ3n) is 3.75. The van der Waals surface area contributed by atoms with Gasteiger partial charge in [0.05, 0.1) is 6.10 Å². The number of amides is 2. The van der Waals surface area contributed by atoms with Crippen LogP contribution in [0.15, 0.2) is 54.6 Å². The molecule has 0 aromatic heterocycles. The molecule has 0 bridgehead atoms. The second-order valence-corrected chi connectivity index (χ2v) is 5.62. The fourth-order valence-corrected chi connectivity index (χ4v) is 2.60. The summed E-state index contributed by atoms with van der Waals surface area (Å²) in [5, 5.41) is 12.5. The predicted octanol–water partition coefficient (Wildman–Crippen LogP) is 3.47. The van der Waals surface area contributed by atoms with Gasteiger partial charge in [0, 0.05) is 24.8 Å². The molecule has 0 radical (unpaired) electrons. The fraction of sp³-hybridized carbons (Fsp3) is 0.278. The van der Waals surface area contributed by atoms with Gasteiger partial charge in [0.15, 0.2) is 0 Å². The van der Waals surface area contributed by atoms with Gasteiger partial charge >= 0.3 is 6.03 Å². The number of hydrogen-bond donors (Lipinski definition) is 2. The standard InChI is InChI=1S/C18H20N2O3/c21-15-7-5-11-20(13-15)18(22)19-14-6-4-10-17(12-14)23-16-8-2-1-3-9-16/h1-4,6,8-10,12,15,21H,5,7,11,13H2,(H,19,22). The molecular weight excluding hydrogens is 292 g/mol. The van der Waals surface area contributed by atoms with Gasteiger partial charge in [0.1, 0.15) is 11.5 Å². The Morgan fingerprint density at radius 2 is 1.91 bits per heavy atom. The van der Waals surface area contributed by atoms with Gasteiger partial charge in [-0.2, -0.15) is 0 Å². The van der Waals surface area contributed by atoms with Crippen LogP contribution in [0.3, 0.4) is 0 Å². The van der Waals surface area contributed by atoms with Crippen LogP contribution in [-0.4, -0.2) is 35.2 Å². The van der Waals surface area contributed by atoms with Crippen LogP contribution in [0.2, 0.25) is 0 Å². The average molecular weight is 312 g/mol. The number of urea groups is 1. The first-order chi connectivity index (χ1) is 11.2. The number of benzene rings is 2. The average Bonchev–Trinajstić information content (AvgIpc) is 2.56. The molecule has 1 atom stereocenters. The van der Waals surface area contributed by atoms with E-state index in [-0.39, 0.29) is 6.03 Å². The van der Waals surface area contributed by atoms with E-state index in [0.717, 1.165) is 18.6 Å². The molecule has 5 heteroatoms. The second-order valence-electron chi connectivity index (χ2n) is 5.62. The fourth-order valence-electron chi connectivity index (χ4n) is 2.60. The molecule has 2 amide bonds. The Balaban J connectivity index is 1.64. The normalized spacial score (nSPS) is 17.6. The number of rotatable bonds is 3. The van der Waals surface area contributed by atoms with E-state index in [9.17, 15) is 9.90 Å². The number of aliphatic hydroxyl groups excluding tert-OH is 1. The number of aliphatic hydroxyl groups is 1. The van der Waals surface area contributed by atoms with Crippen molar-refractivity contribution < 1.29 is 14.6 Å². The van der Waals surface area contributed by atoms with Gasteiger partial charge in [0.2, 0.25) is 0 Å². The molecule has 1 fully saturated rings. The van der Waals surface area contributed by atoms with Crippen LogP contribution in [0.4, 0.5) is 10.5 Å². The van der Waals surface area contributed by atoms with Crippen LogP contribution >= 0.6 is 0 Å². The molecule has 120 valence electrons. The third-order valence-corrected chi connectivity index (χ3v) is 3.75. The summed E-state index contributed by atoms with van der Waals surface area (Å²) in [6, 6.07) is 16.6. The first kappa shape index (κ1) is 15.4. The lowest BCUT2D eigenvalue weighted by atomic mass is 10.1. The van der Waals surface area contributed by atoms with E-state index in [0.29, 0.717) is 24.5 Å². The number of likely N-dealkylation sites (tertiary alicyclic amines) is 1. The number of piperidine rings is 1. The van der Waals surface area contributed by atoms with Crippen molar-refractivity contribution >= 4 is 11.7 Å². The number of nitrogens with zero attached hydrogens (tertiary/aromatic N) is 1. The van der Waals surface area contributed by atoms with Crippen LogP contribution in [0, 0.1) is 0 Å². The number of β-amino-alcohol motifs (C(OH)–C–C–N with tert-alkyl or cyclic N) is 1. The molecule has 0 saturated carbocycles. The van der Waals surface area contributed by atoms with Gasteiger partial charge < -0.3 is 20.1 Å². The lowest BCUT2D eigenvalue weighted by Crippen LogP contribution is -2.44. The number of para-hydroxylation sites is 1. The highest BCUT2D eigenvalue weighted by molar-refractivity contribution is 5.89. The molecule has 5 nitrogen and oxygen atoms in total. The third kappa shape index (κ3) is 4.23. The monoisotopic (exact) mass is 312 g/mol. The highest BCUT2D eigenvalue weighted by Crippen LogP contribution is 2.24. The molecule has 2 N–H and O–H groups in total. The SMILES string of the molecule is O=C(Nc1cccc(Oc2ccccc2)c1)N1CCCC(O)C1. The minimum Gasteiger partial charge on any atom is -0.457 e. The molecule has 1 aliphatic heterocycles. The van der Waals surface area contributed by atoms with Crippen molar-refractivity contribution in [1.29, 1.82) is 0 Å². The topological polar surface area (TPSA) is 61.8 Å². The maximum absolute atomic E-state index is 12.2. The number of hydrogen-bond acceptors (Lipinski definition) is 3. The molecular formula is C18H20N2O3. The van der Waals surface area contributed by atoms with Crippen molar-refractivity contribution in [3.8, 4) is 11.5 Å². The van der Waals surface area contributed by atoms with Crippen LogP contribution in [0.25, 0.3) is 0 Å². The molecule has 3 rings (SSSR count). The van der Waals surface area contributed by atoms with E-state index in [4.69, 9.17) is 4.74 Å². The van der Waals surface area contributed by atoms with Gasteiger partial charge in [-0.3, -0.25) is 0 Å². The van der Waals surface area contributed by atoms with Crippen molar-refractivity contribution in [3.05, 3.63) is 54.6 Å². The van der Waals surface area contributed by atoms with Crippen molar-refractivity contribution in [2.75, 3.05) is 18.4 Å². The van der Waals surface area contributed by atoms with Gasteiger partial charge in [-0.1, -0.05) is 24.3 Å². The van der Waals surface area contributed by atoms with Crippen LogP contribution in [0.1, 0.15) is 12.8 Å². The van der Waals surface area contributed by atoms with Crippen molar-refractivity contribution in [2.45, 2.75) is 18.9 Å². The van der Waals surface area contributed by atoms with Crippen molar-refractivity contribution in [1.82, 2.24) is 4.90 Å². The zero-order valence-corrected chi connectivity index (χ0v) is 12.8. The molecule has 1 aliphatic rings. The minimum atomic E-state index is -0.428. The summed E-state index contributed by atoms with van der Waals surface area (Å²) in [4.78, 5) is 13.9. The number of nitrogens with one attached hydrogen (secondary N) is 1. The first-order valence-corrected chi connectivity index (χ1v) is 7.78. The van der Waals surface area contributed by atoms with Gasteiger partial charge in [0.25, 0.3) is 0 Å². The molecule has 0 spiro atoms. The first-order valence-electron chi connectivity index (χ1n) is 7.78. The second kappa shape index (κ2) is 7.15. The molecule has 2 aromatic carbocycles. The lowest BCUT2D eigenvalue weighted by Gasteiger charge is -2.30. The number of carbonyl (C=O) groups excluding carboxylic acids is 1. The van der Waals surface area contributed by atoms with E-state index in [1.165, 1.54) is 0 Å². The Bertz CT molecular complexity index is 660. The quantitative estimate of drug-likeness (QED) is 0.912. The van der Waals surface area contributed by atoms with E-state index in [1.54, 1.807) is 11.0 Å². The summed E-state index contributed by atoms with van der Waals surface area (Å²) >= 11 is 0. The Hall–Kier alpha value is -2.53. The molecule has 1 heterocycles. The van der Waals surface area contributed by atoms with Crippen LogP contribution in [0.5, 0.6) is 11.5 Å².